The van der Waals surface area contributed by atoms with E-state index in [1.165, 1.54) is 0 Å². The lowest BCUT2D eigenvalue weighted by molar-refractivity contribution is -0.127. The molecule has 0 saturated heterocycles. The highest BCUT2D eigenvalue weighted by atomic mass is 35.5. The minimum atomic E-state index is -0.630. The van der Waals surface area contributed by atoms with E-state index in [1.54, 1.807) is 25.1 Å². The molecule has 1 amide bonds. The first-order valence-corrected chi connectivity index (χ1v) is 4.85. The van der Waals surface area contributed by atoms with E-state index in [2.05, 4.69) is 0 Å². The topological polar surface area (TPSA) is 64.3 Å². The van der Waals surface area contributed by atoms with Crippen LogP contribution in [-0.4, -0.2) is 12.0 Å². The molecule has 0 fully saturated rings. The zero-order valence-electron chi connectivity index (χ0n) is 8.58. The van der Waals surface area contributed by atoms with Crippen molar-refractivity contribution >= 4 is 17.5 Å². The van der Waals surface area contributed by atoms with Crippen LogP contribution in [0, 0.1) is 6.92 Å². The highest BCUT2D eigenvalue weighted by Gasteiger charge is 2.13. The number of hydrogen-bond acceptors (Lipinski definition) is 3. The molecule has 0 heterocycles. The van der Waals surface area contributed by atoms with Gasteiger partial charge in [0.05, 0.1) is 0 Å². The average molecular weight is 229 g/mol. The van der Waals surface area contributed by atoms with Gasteiger partial charge in [-0.15, -0.1) is 0 Å². The average Bonchev–Trinajstić information content (AvgIpc) is 2.20. The molecule has 3 N–H and O–H groups in total. The Bertz CT molecular complexity index is 368. The van der Waals surface area contributed by atoms with Gasteiger partial charge in [0, 0.05) is 5.02 Å². The Morgan fingerprint density at radius 2 is 2.27 bits per heavy atom. The van der Waals surface area contributed by atoms with E-state index < -0.39 is 6.10 Å². The van der Waals surface area contributed by atoms with Gasteiger partial charge in [-0.05, 0) is 37.6 Å². The summed E-state index contributed by atoms with van der Waals surface area (Å²) in [6, 6.07) is 5.19. The van der Waals surface area contributed by atoms with Crippen molar-refractivity contribution in [1.82, 2.24) is 5.43 Å². The molecule has 0 spiro atoms. The molecule has 82 valence electrons. The smallest absolute Gasteiger partial charge is 0.274 e. The quantitative estimate of drug-likeness (QED) is 0.467. The van der Waals surface area contributed by atoms with Crippen LogP contribution in [0.3, 0.4) is 0 Å². The van der Waals surface area contributed by atoms with Crippen molar-refractivity contribution in [2.75, 3.05) is 0 Å². The number of hydrogen-bond donors (Lipinski definition) is 2. The first-order valence-electron chi connectivity index (χ1n) is 4.48. The van der Waals surface area contributed by atoms with Gasteiger partial charge in [-0.2, -0.15) is 0 Å². The van der Waals surface area contributed by atoms with Crippen LogP contribution in [0.1, 0.15) is 12.5 Å². The van der Waals surface area contributed by atoms with E-state index in [0.717, 1.165) is 5.56 Å². The highest BCUT2D eigenvalue weighted by Crippen LogP contribution is 2.22. The number of hydrazine groups is 1. The van der Waals surface area contributed by atoms with Gasteiger partial charge in [0.2, 0.25) is 0 Å². The van der Waals surface area contributed by atoms with Gasteiger partial charge in [-0.1, -0.05) is 11.6 Å². The van der Waals surface area contributed by atoms with Gasteiger partial charge in [-0.25, -0.2) is 5.84 Å². The zero-order valence-corrected chi connectivity index (χ0v) is 9.34. The number of benzene rings is 1. The van der Waals surface area contributed by atoms with E-state index >= 15 is 0 Å². The first kappa shape index (κ1) is 11.8. The normalized spacial score (nSPS) is 12.0. The fourth-order valence-electron chi connectivity index (χ4n) is 1.11. The molecule has 4 nitrogen and oxygen atoms in total. The third kappa shape index (κ3) is 3.11. The van der Waals surface area contributed by atoms with E-state index in [9.17, 15) is 4.79 Å². The molecule has 1 rings (SSSR count). The van der Waals surface area contributed by atoms with Gasteiger partial charge < -0.3 is 4.74 Å². The molecule has 0 aliphatic heterocycles. The summed E-state index contributed by atoms with van der Waals surface area (Å²) in [5.41, 5.74) is 2.90. The molecule has 0 aromatic heterocycles. The van der Waals surface area contributed by atoms with Gasteiger partial charge in [-0.3, -0.25) is 10.2 Å². The Kier molecular flexibility index (Phi) is 3.94. The van der Waals surface area contributed by atoms with Gasteiger partial charge in [0.25, 0.3) is 5.91 Å². The molecule has 0 saturated carbocycles. The predicted octanol–water partition coefficient (Wildman–Crippen LogP) is 1.41. The second kappa shape index (κ2) is 5.00. The Balaban J connectivity index is 2.76. The largest absolute Gasteiger partial charge is 0.481 e. The van der Waals surface area contributed by atoms with Crippen LogP contribution in [0.25, 0.3) is 0 Å². The zero-order chi connectivity index (χ0) is 11.4. The lowest BCUT2D eigenvalue weighted by Crippen LogP contribution is -2.40. The summed E-state index contributed by atoms with van der Waals surface area (Å²) in [6.45, 7) is 3.48. The summed E-state index contributed by atoms with van der Waals surface area (Å²) in [6.07, 6.45) is -0.630. The second-order valence-electron chi connectivity index (χ2n) is 3.18. The first-order chi connectivity index (χ1) is 7.04. The molecule has 1 aromatic carbocycles. The molecule has 0 radical (unpaired) electrons. The SMILES string of the molecule is Cc1cc(Cl)ccc1O[C@H](C)C(=O)NN. The number of carbonyl (C=O) groups is 1. The molecular weight excluding hydrogens is 216 g/mol. The summed E-state index contributed by atoms with van der Waals surface area (Å²) >= 11 is 5.79. The second-order valence-corrected chi connectivity index (χ2v) is 3.61. The third-order valence-corrected chi connectivity index (χ3v) is 2.19. The summed E-state index contributed by atoms with van der Waals surface area (Å²) in [5, 5.41) is 0.635. The van der Waals surface area contributed by atoms with Crippen LogP contribution in [0.2, 0.25) is 5.02 Å². The number of halogens is 1. The third-order valence-electron chi connectivity index (χ3n) is 1.95. The maximum atomic E-state index is 11.1. The fourth-order valence-corrected chi connectivity index (χ4v) is 1.33. The van der Waals surface area contributed by atoms with E-state index in [4.69, 9.17) is 22.2 Å². The summed E-state index contributed by atoms with van der Waals surface area (Å²) in [7, 11) is 0. The van der Waals surface area contributed by atoms with Crippen molar-refractivity contribution in [3.8, 4) is 5.75 Å². The van der Waals surface area contributed by atoms with E-state index in [0.29, 0.717) is 10.8 Å². The maximum Gasteiger partial charge on any atom is 0.274 e. The fraction of sp³-hybridized carbons (Fsp3) is 0.300. The van der Waals surface area contributed by atoms with Gasteiger partial charge >= 0.3 is 0 Å². The number of ether oxygens (including phenoxy) is 1. The number of nitrogens with two attached hydrogens (primary N) is 1. The number of rotatable bonds is 3. The Labute approximate surface area is 93.3 Å². The molecular formula is C10H13ClN2O2. The van der Waals surface area contributed by atoms with Crippen molar-refractivity contribution in [3.05, 3.63) is 28.8 Å². The van der Waals surface area contributed by atoms with Crippen LogP contribution in [0.5, 0.6) is 5.75 Å². The summed E-state index contributed by atoms with van der Waals surface area (Å²) in [5.74, 6) is 5.24. The van der Waals surface area contributed by atoms with Crippen LogP contribution in [0.4, 0.5) is 0 Å². The molecule has 0 aliphatic carbocycles. The molecule has 5 heteroatoms. The Morgan fingerprint density at radius 1 is 1.60 bits per heavy atom. The molecule has 1 aromatic rings. The Hall–Kier alpha value is -1.26. The van der Waals surface area contributed by atoms with Crippen molar-refractivity contribution in [2.24, 2.45) is 5.84 Å². The minimum Gasteiger partial charge on any atom is -0.481 e. The van der Waals surface area contributed by atoms with E-state index in [1.807, 2.05) is 12.3 Å². The van der Waals surface area contributed by atoms with Crippen LogP contribution in [-0.2, 0) is 4.79 Å². The number of aryl methyl sites for hydroxylation is 1. The van der Waals surface area contributed by atoms with Crippen molar-refractivity contribution in [1.29, 1.82) is 0 Å². The van der Waals surface area contributed by atoms with Crippen molar-refractivity contribution in [3.63, 3.8) is 0 Å². The maximum absolute atomic E-state index is 11.1. The minimum absolute atomic E-state index is 0.371. The van der Waals surface area contributed by atoms with Gasteiger partial charge in [0.1, 0.15) is 5.75 Å². The van der Waals surface area contributed by atoms with Crippen LogP contribution >= 0.6 is 11.6 Å². The highest BCUT2D eigenvalue weighted by molar-refractivity contribution is 6.30. The van der Waals surface area contributed by atoms with E-state index in [-0.39, 0.29) is 5.91 Å². The van der Waals surface area contributed by atoms with Crippen molar-refractivity contribution in [2.45, 2.75) is 20.0 Å². The number of amides is 1. The van der Waals surface area contributed by atoms with Crippen molar-refractivity contribution < 1.29 is 9.53 Å². The number of carbonyl (C=O) groups excluding carboxylic acids is 1. The van der Waals surface area contributed by atoms with Gasteiger partial charge in [0.15, 0.2) is 6.10 Å². The lowest BCUT2D eigenvalue weighted by atomic mass is 10.2. The molecule has 0 unspecified atom stereocenters. The number of nitrogens with one attached hydrogen (secondary N) is 1. The molecule has 0 aliphatic rings. The predicted molar refractivity (Wildman–Crippen MR) is 58.6 cm³/mol. The summed E-state index contributed by atoms with van der Waals surface area (Å²) in [4.78, 5) is 11.1. The molecule has 0 bridgehead atoms. The lowest BCUT2D eigenvalue weighted by Gasteiger charge is -2.14. The van der Waals surface area contributed by atoms with Crippen LogP contribution in [0.15, 0.2) is 18.2 Å². The summed E-state index contributed by atoms with van der Waals surface area (Å²) < 4.78 is 5.40. The molecule has 1 atom stereocenters. The molecule has 15 heavy (non-hydrogen) atoms. The van der Waals surface area contributed by atoms with Crippen LogP contribution < -0.4 is 16.0 Å². The monoisotopic (exact) mass is 228 g/mol. The standard InChI is InChI=1S/C10H13ClN2O2/c1-6-5-8(11)3-4-9(6)15-7(2)10(14)13-12/h3-5,7H,12H2,1-2H3,(H,13,14)/t7-/m1/s1. The Morgan fingerprint density at radius 3 is 2.80 bits per heavy atom.